The number of anilines is 1. The highest BCUT2D eigenvalue weighted by atomic mass is 19.1. The maximum absolute atomic E-state index is 13.2. The van der Waals surface area contributed by atoms with Crippen molar-refractivity contribution in [2.45, 2.75) is 13.2 Å². The van der Waals surface area contributed by atoms with E-state index < -0.39 is 11.5 Å². The average Bonchev–Trinajstić information content (AvgIpc) is 2.46. The predicted molar refractivity (Wildman–Crippen MR) is 77.5 cm³/mol. The molecule has 2 aromatic carbocycles. The zero-order valence-corrected chi connectivity index (χ0v) is 11.5. The third kappa shape index (κ3) is 3.55. The molecule has 0 spiro atoms. The molecule has 2 rings (SSSR count). The smallest absolute Gasteiger partial charge is 0.275 e. The molecule has 21 heavy (non-hydrogen) atoms. The SMILES string of the molecule is CN(Cc1cccc(F)c1)c1ccc([N+](=O)[O-])c(CO)c1. The van der Waals surface area contributed by atoms with E-state index in [-0.39, 0.29) is 17.1 Å². The highest BCUT2D eigenvalue weighted by molar-refractivity contribution is 5.55. The van der Waals surface area contributed by atoms with Crippen molar-refractivity contribution in [1.82, 2.24) is 0 Å². The summed E-state index contributed by atoms with van der Waals surface area (Å²) in [5.74, 6) is -0.305. The van der Waals surface area contributed by atoms with Crippen LogP contribution in [0.15, 0.2) is 42.5 Å². The van der Waals surface area contributed by atoms with Crippen LogP contribution in [0.2, 0.25) is 0 Å². The van der Waals surface area contributed by atoms with Gasteiger partial charge in [0.25, 0.3) is 5.69 Å². The van der Waals surface area contributed by atoms with Gasteiger partial charge in [0, 0.05) is 25.3 Å². The molecule has 0 atom stereocenters. The van der Waals surface area contributed by atoms with Crippen LogP contribution in [0.25, 0.3) is 0 Å². The Bertz CT molecular complexity index is 661. The number of rotatable bonds is 5. The second-order valence-corrected chi connectivity index (χ2v) is 4.71. The lowest BCUT2D eigenvalue weighted by atomic mass is 10.1. The number of hydrogen-bond acceptors (Lipinski definition) is 4. The Morgan fingerprint density at radius 1 is 1.29 bits per heavy atom. The normalized spacial score (nSPS) is 10.4. The van der Waals surface area contributed by atoms with Crippen LogP contribution in [0, 0.1) is 15.9 Å². The van der Waals surface area contributed by atoms with Crippen molar-refractivity contribution in [3.63, 3.8) is 0 Å². The van der Waals surface area contributed by atoms with Crippen molar-refractivity contribution in [2.24, 2.45) is 0 Å². The highest BCUT2D eigenvalue weighted by Gasteiger charge is 2.14. The Balaban J connectivity index is 2.23. The second kappa shape index (κ2) is 6.32. The van der Waals surface area contributed by atoms with Gasteiger partial charge in [0.1, 0.15) is 5.82 Å². The first kappa shape index (κ1) is 14.9. The molecule has 0 aliphatic heterocycles. The lowest BCUT2D eigenvalue weighted by molar-refractivity contribution is -0.385. The van der Waals surface area contributed by atoms with Crippen LogP contribution in [-0.4, -0.2) is 17.1 Å². The van der Waals surface area contributed by atoms with Gasteiger partial charge in [-0.3, -0.25) is 10.1 Å². The molecule has 0 aliphatic carbocycles. The molecular formula is C15H15FN2O3. The van der Waals surface area contributed by atoms with Crippen molar-refractivity contribution < 1.29 is 14.4 Å². The maximum atomic E-state index is 13.2. The summed E-state index contributed by atoms with van der Waals surface area (Å²) in [5, 5.41) is 20.1. The van der Waals surface area contributed by atoms with Gasteiger partial charge in [0.2, 0.25) is 0 Å². The minimum absolute atomic E-state index is 0.111. The molecule has 0 aromatic heterocycles. The van der Waals surface area contributed by atoms with Crippen LogP contribution < -0.4 is 4.90 Å². The average molecular weight is 290 g/mol. The zero-order chi connectivity index (χ0) is 15.4. The number of hydrogen-bond donors (Lipinski definition) is 1. The van der Waals surface area contributed by atoms with Gasteiger partial charge >= 0.3 is 0 Å². The van der Waals surface area contributed by atoms with Crippen molar-refractivity contribution in [1.29, 1.82) is 0 Å². The van der Waals surface area contributed by atoms with E-state index in [1.165, 1.54) is 18.2 Å². The minimum atomic E-state index is -0.526. The van der Waals surface area contributed by atoms with Crippen molar-refractivity contribution in [2.75, 3.05) is 11.9 Å². The van der Waals surface area contributed by atoms with E-state index >= 15 is 0 Å². The topological polar surface area (TPSA) is 66.6 Å². The van der Waals surface area contributed by atoms with Gasteiger partial charge in [-0.15, -0.1) is 0 Å². The van der Waals surface area contributed by atoms with Gasteiger partial charge in [-0.2, -0.15) is 0 Å². The first-order valence-electron chi connectivity index (χ1n) is 6.35. The maximum Gasteiger partial charge on any atom is 0.275 e. The highest BCUT2D eigenvalue weighted by Crippen LogP contribution is 2.25. The summed E-state index contributed by atoms with van der Waals surface area (Å²) >= 11 is 0. The fraction of sp³-hybridized carbons (Fsp3) is 0.200. The summed E-state index contributed by atoms with van der Waals surface area (Å²) in [5.41, 5.74) is 1.65. The molecule has 5 nitrogen and oxygen atoms in total. The fourth-order valence-electron chi connectivity index (χ4n) is 2.11. The molecule has 1 N–H and O–H groups in total. The number of nitro groups is 1. The number of nitro benzene ring substituents is 1. The van der Waals surface area contributed by atoms with Gasteiger partial charge in [0.05, 0.1) is 17.1 Å². The van der Waals surface area contributed by atoms with Crippen molar-refractivity contribution in [3.05, 3.63) is 69.5 Å². The van der Waals surface area contributed by atoms with Gasteiger partial charge in [-0.1, -0.05) is 12.1 Å². The van der Waals surface area contributed by atoms with Crippen LogP contribution in [0.5, 0.6) is 0 Å². The van der Waals surface area contributed by atoms with E-state index in [0.29, 0.717) is 12.2 Å². The molecule has 2 aromatic rings. The number of aliphatic hydroxyl groups excluding tert-OH is 1. The summed E-state index contributed by atoms with van der Waals surface area (Å²) in [7, 11) is 1.80. The Kier molecular flexibility index (Phi) is 4.49. The molecule has 110 valence electrons. The van der Waals surface area contributed by atoms with Gasteiger partial charge < -0.3 is 10.0 Å². The number of aliphatic hydroxyl groups is 1. The van der Waals surface area contributed by atoms with E-state index in [4.69, 9.17) is 0 Å². The molecule has 0 bridgehead atoms. The van der Waals surface area contributed by atoms with Crippen molar-refractivity contribution in [3.8, 4) is 0 Å². The monoisotopic (exact) mass is 290 g/mol. The predicted octanol–water partition coefficient (Wildman–Crippen LogP) is 2.86. The molecule has 0 heterocycles. The molecule has 0 fully saturated rings. The van der Waals surface area contributed by atoms with Crippen molar-refractivity contribution >= 4 is 11.4 Å². The van der Waals surface area contributed by atoms with E-state index in [1.54, 1.807) is 31.3 Å². The summed E-state index contributed by atoms with van der Waals surface area (Å²) in [6.45, 7) is 0.0540. The van der Waals surface area contributed by atoms with E-state index in [1.807, 2.05) is 4.90 Å². The summed E-state index contributed by atoms with van der Waals surface area (Å²) in [6, 6.07) is 10.8. The number of nitrogens with zero attached hydrogens (tertiary/aromatic N) is 2. The van der Waals surface area contributed by atoms with E-state index in [0.717, 1.165) is 5.56 Å². The summed E-state index contributed by atoms with van der Waals surface area (Å²) in [6.07, 6.45) is 0. The first-order valence-corrected chi connectivity index (χ1v) is 6.35. The number of benzene rings is 2. The molecule has 0 unspecified atom stereocenters. The van der Waals surface area contributed by atoms with Gasteiger partial charge in [-0.05, 0) is 29.8 Å². The Hall–Kier alpha value is -2.47. The Morgan fingerprint density at radius 2 is 2.05 bits per heavy atom. The molecular weight excluding hydrogens is 275 g/mol. The first-order chi connectivity index (χ1) is 10.0. The Morgan fingerprint density at radius 3 is 2.67 bits per heavy atom. The number of halogens is 1. The molecule has 0 radical (unpaired) electrons. The molecule has 0 amide bonds. The lowest BCUT2D eigenvalue weighted by Gasteiger charge is -2.20. The summed E-state index contributed by atoms with van der Waals surface area (Å²) in [4.78, 5) is 12.1. The van der Waals surface area contributed by atoms with E-state index in [2.05, 4.69) is 0 Å². The third-order valence-corrected chi connectivity index (χ3v) is 3.18. The van der Waals surface area contributed by atoms with Crippen LogP contribution in [0.3, 0.4) is 0 Å². The quantitative estimate of drug-likeness (QED) is 0.679. The Labute approximate surface area is 121 Å². The zero-order valence-electron chi connectivity index (χ0n) is 11.5. The molecule has 0 saturated heterocycles. The van der Waals surface area contributed by atoms with Crippen LogP contribution in [-0.2, 0) is 13.2 Å². The fourth-order valence-corrected chi connectivity index (χ4v) is 2.11. The molecule has 0 saturated carbocycles. The van der Waals surface area contributed by atoms with Crippen LogP contribution in [0.4, 0.5) is 15.8 Å². The second-order valence-electron chi connectivity index (χ2n) is 4.71. The van der Waals surface area contributed by atoms with Crippen LogP contribution in [0.1, 0.15) is 11.1 Å². The standard InChI is InChI=1S/C15H15FN2O3/c1-17(9-11-3-2-4-13(16)7-11)14-5-6-15(18(20)21)12(8-14)10-19/h2-8,19H,9-10H2,1H3. The minimum Gasteiger partial charge on any atom is -0.391 e. The molecule has 0 aliphatic rings. The third-order valence-electron chi connectivity index (χ3n) is 3.18. The molecule has 6 heteroatoms. The van der Waals surface area contributed by atoms with Gasteiger partial charge in [0.15, 0.2) is 0 Å². The van der Waals surface area contributed by atoms with Gasteiger partial charge in [-0.25, -0.2) is 4.39 Å². The largest absolute Gasteiger partial charge is 0.391 e. The summed E-state index contributed by atoms with van der Waals surface area (Å²) < 4.78 is 13.2. The van der Waals surface area contributed by atoms with Crippen LogP contribution >= 0.6 is 0 Å². The lowest BCUT2D eigenvalue weighted by Crippen LogP contribution is -2.16. The van der Waals surface area contributed by atoms with E-state index in [9.17, 15) is 19.6 Å².